The SMILES string of the molecule is CC(=O)c1ccc(NC(=O)c2cccc(N3CCCN(Cc4cccc(F)c4)C3=O)c2)cc1. The van der Waals surface area contributed by atoms with E-state index in [9.17, 15) is 18.8 Å². The Morgan fingerprint density at radius 1 is 0.939 bits per heavy atom. The van der Waals surface area contributed by atoms with Gasteiger partial charge in [0, 0.05) is 42.1 Å². The van der Waals surface area contributed by atoms with Crippen molar-refractivity contribution in [2.45, 2.75) is 19.9 Å². The summed E-state index contributed by atoms with van der Waals surface area (Å²) >= 11 is 0. The van der Waals surface area contributed by atoms with Crippen LogP contribution in [0.2, 0.25) is 0 Å². The van der Waals surface area contributed by atoms with Crippen LogP contribution in [0.4, 0.5) is 20.6 Å². The molecule has 1 saturated heterocycles. The molecule has 33 heavy (non-hydrogen) atoms. The van der Waals surface area contributed by atoms with Gasteiger partial charge in [0.05, 0.1) is 0 Å². The number of benzene rings is 3. The van der Waals surface area contributed by atoms with Gasteiger partial charge in [0.25, 0.3) is 5.91 Å². The van der Waals surface area contributed by atoms with Crippen LogP contribution in [0.3, 0.4) is 0 Å². The molecule has 6 nitrogen and oxygen atoms in total. The van der Waals surface area contributed by atoms with E-state index in [0.717, 1.165) is 12.0 Å². The number of halogens is 1. The van der Waals surface area contributed by atoms with Gasteiger partial charge in [0.15, 0.2) is 5.78 Å². The van der Waals surface area contributed by atoms with Crippen molar-refractivity contribution < 1.29 is 18.8 Å². The van der Waals surface area contributed by atoms with Gasteiger partial charge in [-0.1, -0.05) is 18.2 Å². The summed E-state index contributed by atoms with van der Waals surface area (Å²) in [5.74, 6) is -0.685. The van der Waals surface area contributed by atoms with E-state index in [1.807, 2.05) is 0 Å². The molecule has 3 amide bonds. The van der Waals surface area contributed by atoms with Crippen LogP contribution in [0.15, 0.2) is 72.8 Å². The fraction of sp³-hybridized carbons (Fsp3) is 0.192. The third-order valence-corrected chi connectivity index (χ3v) is 5.54. The maximum atomic E-state index is 13.5. The second-order valence-electron chi connectivity index (χ2n) is 7.98. The monoisotopic (exact) mass is 445 g/mol. The largest absolute Gasteiger partial charge is 0.324 e. The Bertz CT molecular complexity index is 1190. The van der Waals surface area contributed by atoms with E-state index in [0.29, 0.717) is 42.1 Å². The summed E-state index contributed by atoms with van der Waals surface area (Å²) in [6, 6.07) is 19.6. The first kappa shape index (κ1) is 22.2. The zero-order valence-corrected chi connectivity index (χ0v) is 18.3. The molecule has 0 radical (unpaired) electrons. The summed E-state index contributed by atoms with van der Waals surface area (Å²) in [4.78, 5) is 40.6. The minimum absolute atomic E-state index is 0.0433. The molecule has 0 aliphatic carbocycles. The highest BCUT2D eigenvalue weighted by molar-refractivity contribution is 6.05. The van der Waals surface area contributed by atoms with Crippen LogP contribution in [0.1, 0.15) is 39.6 Å². The van der Waals surface area contributed by atoms with Gasteiger partial charge in [0.2, 0.25) is 0 Å². The summed E-state index contributed by atoms with van der Waals surface area (Å²) in [5, 5.41) is 2.81. The zero-order valence-electron chi connectivity index (χ0n) is 18.3. The highest BCUT2D eigenvalue weighted by Crippen LogP contribution is 2.23. The molecule has 4 rings (SSSR count). The molecule has 0 bridgehead atoms. The molecule has 168 valence electrons. The average molecular weight is 445 g/mol. The lowest BCUT2D eigenvalue weighted by atomic mass is 10.1. The van der Waals surface area contributed by atoms with Gasteiger partial charge in [0.1, 0.15) is 5.82 Å². The number of amides is 3. The van der Waals surface area contributed by atoms with E-state index in [1.165, 1.54) is 19.1 Å². The number of nitrogens with zero attached hydrogens (tertiary/aromatic N) is 2. The molecule has 1 fully saturated rings. The van der Waals surface area contributed by atoms with Gasteiger partial charge in [-0.05, 0) is 73.5 Å². The number of carbonyl (C=O) groups is 3. The van der Waals surface area contributed by atoms with E-state index in [1.54, 1.807) is 70.5 Å². The van der Waals surface area contributed by atoms with Gasteiger partial charge >= 0.3 is 6.03 Å². The number of Topliss-reactive ketones (excluding diaryl/α,β-unsaturated/α-hetero) is 1. The van der Waals surface area contributed by atoms with Crippen LogP contribution < -0.4 is 10.2 Å². The standard InChI is InChI=1S/C26H24FN3O3/c1-18(31)20-9-11-23(12-10-20)28-25(32)21-6-3-8-24(16-21)30-14-4-13-29(26(30)33)17-19-5-2-7-22(27)15-19/h2-3,5-12,15-16H,4,13-14,17H2,1H3,(H,28,32). The van der Waals surface area contributed by atoms with Crippen LogP contribution in [-0.4, -0.2) is 35.7 Å². The van der Waals surface area contributed by atoms with Crippen molar-refractivity contribution in [1.29, 1.82) is 0 Å². The van der Waals surface area contributed by atoms with Crippen molar-refractivity contribution in [3.63, 3.8) is 0 Å². The molecule has 0 spiro atoms. The molecule has 1 aliphatic heterocycles. The van der Waals surface area contributed by atoms with Crippen LogP contribution in [0.25, 0.3) is 0 Å². The Kier molecular flexibility index (Phi) is 6.49. The highest BCUT2D eigenvalue weighted by atomic mass is 19.1. The fourth-order valence-corrected chi connectivity index (χ4v) is 3.83. The van der Waals surface area contributed by atoms with E-state index < -0.39 is 0 Å². The van der Waals surface area contributed by atoms with Crippen molar-refractivity contribution in [1.82, 2.24) is 4.90 Å². The van der Waals surface area contributed by atoms with Crippen LogP contribution in [-0.2, 0) is 6.54 Å². The minimum Gasteiger partial charge on any atom is -0.322 e. The van der Waals surface area contributed by atoms with Crippen LogP contribution in [0.5, 0.6) is 0 Å². The molecule has 0 aromatic heterocycles. The van der Waals surface area contributed by atoms with Crippen molar-refractivity contribution in [2.24, 2.45) is 0 Å². The molecular weight excluding hydrogens is 421 g/mol. The van der Waals surface area contributed by atoms with E-state index in [4.69, 9.17) is 0 Å². The molecule has 1 aliphatic rings. The van der Waals surface area contributed by atoms with E-state index in [-0.39, 0.29) is 23.5 Å². The number of urea groups is 1. The van der Waals surface area contributed by atoms with Crippen LogP contribution >= 0.6 is 0 Å². The smallest absolute Gasteiger partial charge is 0.322 e. The van der Waals surface area contributed by atoms with Gasteiger partial charge in [-0.2, -0.15) is 0 Å². The van der Waals surface area contributed by atoms with Gasteiger partial charge < -0.3 is 10.2 Å². The van der Waals surface area contributed by atoms with Crippen molar-refractivity contribution in [3.8, 4) is 0 Å². The zero-order chi connectivity index (χ0) is 23.4. The third kappa shape index (κ3) is 5.26. The molecule has 1 heterocycles. The summed E-state index contributed by atoms with van der Waals surface area (Å²) < 4.78 is 13.5. The lowest BCUT2D eigenvalue weighted by molar-refractivity contribution is 0.101. The quantitative estimate of drug-likeness (QED) is 0.536. The number of hydrogen-bond acceptors (Lipinski definition) is 3. The topological polar surface area (TPSA) is 69.7 Å². The Hall–Kier alpha value is -4.00. The molecule has 0 atom stereocenters. The number of ketones is 1. The van der Waals surface area contributed by atoms with Crippen molar-refractivity contribution in [3.05, 3.63) is 95.3 Å². The molecule has 0 saturated carbocycles. The summed E-state index contributed by atoms with van der Waals surface area (Å²) in [6.45, 7) is 2.93. The number of rotatable bonds is 6. The minimum atomic E-state index is -0.330. The summed E-state index contributed by atoms with van der Waals surface area (Å²) in [6.07, 6.45) is 0.764. The molecule has 1 N–H and O–H groups in total. The normalized spacial score (nSPS) is 13.7. The first-order chi connectivity index (χ1) is 15.9. The Labute approximate surface area is 191 Å². The summed E-state index contributed by atoms with van der Waals surface area (Å²) in [5.41, 5.74) is 2.92. The second kappa shape index (κ2) is 9.65. The predicted octanol–water partition coefficient (Wildman–Crippen LogP) is 5.11. The molecule has 0 unspecified atom stereocenters. The summed E-state index contributed by atoms with van der Waals surface area (Å²) in [7, 11) is 0. The average Bonchev–Trinajstić information content (AvgIpc) is 2.81. The Morgan fingerprint density at radius 3 is 2.42 bits per heavy atom. The molecule has 3 aromatic rings. The maximum absolute atomic E-state index is 13.5. The lowest BCUT2D eigenvalue weighted by Crippen LogP contribution is -2.49. The second-order valence-corrected chi connectivity index (χ2v) is 7.98. The third-order valence-electron chi connectivity index (χ3n) is 5.54. The fourth-order valence-electron chi connectivity index (χ4n) is 3.83. The Balaban J connectivity index is 1.47. The number of nitrogens with one attached hydrogen (secondary N) is 1. The van der Waals surface area contributed by atoms with Crippen LogP contribution in [0, 0.1) is 5.82 Å². The predicted molar refractivity (Wildman–Crippen MR) is 125 cm³/mol. The first-order valence-electron chi connectivity index (χ1n) is 10.7. The molecule has 7 heteroatoms. The lowest BCUT2D eigenvalue weighted by Gasteiger charge is -2.35. The van der Waals surface area contributed by atoms with Crippen molar-refractivity contribution in [2.75, 3.05) is 23.3 Å². The maximum Gasteiger partial charge on any atom is 0.324 e. The molecule has 3 aromatic carbocycles. The van der Waals surface area contributed by atoms with Gasteiger partial charge in [-0.15, -0.1) is 0 Å². The van der Waals surface area contributed by atoms with Gasteiger partial charge in [-0.3, -0.25) is 14.5 Å². The first-order valence-corrected chi connectivity index (χ1v) is 10.7. The number of anilines is 2. The highest BCUT2D eigenvalue weighted by Gasteiger charge is 2.27. The number of carbonyl (C=O) groups excluding carboxylic acids is 3. The van der Waals surface area contributed by atoms with E-state index >= 15 is 0 Å². The Morgan fingerprint density at radius 2 is 1.70 bits per heavy atom. The van der Waals surface area contributed by atoms with Crippen molar-refractivity contribution >= 4 is 29.1 Å². The molecular formula is C26H24FN3O3. The number of hydrogen-bond donors (Lipinski definition) is 1. The van der Waals surface area contributed by atoms with E-state index in [2.05, 4.69) is 5.32 Å². The van der Waals surface area contributed by atoms with Gasteiger partial charge in [-0.25, -0.2) is 9.18 Å².